The standard InChI is InChI=1S/C46H77N7O11/c1-17-29(6)38(52(15)34(54)25-50(13)43(60)36(47)27(2)3)40(57)49-32(26-63-45(7,8)9)41(58)51(14)33(23-30-21-19-18-20-22-30)42(59)53(16)37(28(4)5)39(56)48-31(44(61)62)24-35(55)64-46(10,11)12/h18-22,27-29,31-33,36-38H,17,23-26,47H2,1-16H3,(H,48,56)(H,49,57)(H,61,62)/t29-,31-,32-,33-,36-,37-,38-/m0/s1. The highest BCUT2D eigenvalue weighted by Gasteiger charge is 2.41. The summed E-state index contributed by atoms with van der Waals surface area (Å²) in [7, 11) is 5.69. The van der Waals surface area contributed by atoms with Crippen LogP contribution in [0.5, 0.6) is 0 Å². The van der Waals surface area contributed by atoms with Crippen molar-refractivity contribution in [1.29, 1.82) is 0 Å². The first-order valence-corrected chi connectivity index (χ1v) is 21.9. The minimum atomic E-state index is -1.66. The van der Waals surface area contributed by atoms with Gasteiger partial charge >= 0.3 is 11.9 Å². The smallest absolute Gasteiger partial charge is 0.326 e. The van der Waals surface area contributed by atoms with Crippen LogP contribution < -0.4 is 16.4 Å². The number of aliphatic carboxylic acids is 1. The van der Waals surface area contributed by atoms with Crippen molar-refractivity contribution in [2.24, 2.45) is 23.5 Å². The van der Waals surface area contributed by atoms with Crippen LogP contribution in [0.3, 0.4) is 0 Å². The van der Waals surface area contributed by atoms with Gasteiger partial charge in [-0.1, -0.05) is 78.3 Å². The van der Waals surface area contributed by atoms with E-state index in [1.165, 1.54) is 42.9 Å². The van der Waals surface area contributed by atoms with E-state index in [1.807, 2.05) is 6.92 Å². The van der Waals surface area contributed by atoms with Crippen LogP contribution in [0.4, 0.5) is 0 Å². The Morgan fingerprint density at radius 1 is 0.703 bits per heavy atom. The van der Waals surface area contributed by atoms with Crippen molar-refractivity contribution in [2.45, 2.75) is 150 Å². The number of hydrogen-bond donors (Lipinski definition) is 4. The topological polar surface area (TPSA) is 238 Å². The molecule has 1 aromatic rings. The summed E-state index contributed by atoms with van der Waals surface area (Å²) in [5.74, 6) is -7.32. The average Bonchev–Trinajstić information content (AvgIpc) is 3.18. The Morgan fingerprint density at radius 2 is 1.23 bits per heavy atom. The summed E-state index contributed by atoms with van der Waals surface area (Å²) in [4.78, 5) is 114. The van der Waals surface area contributed by atoms with Crippen LogP contribution in [-0.4, -0.2) is 161 Å². The zero-order valence-electron chi connectivity index (χ0n) is 41.0. The summed E-state index contributed by atoms with van der Waals surface area (Å²) in [6.07, 6.45) is -0.210. The van der Waals surface area contributed by atoms with Crippen molar-refractivity contribution in [3.8, 4) is 0 Å². The Kier molecular flexibility index (Phi) is 22.1. The molecular formula is C46H77N7O11. The Labute approximate surface area is 380 Å². The molecule has 0 spiro atoms. The molecule has 0 aliphatic rings. The molecule has 0 bridgehead atoms. The van der Waals surface area contributed by atoms with Gasteiger partial charge in [0.25, 0.3) is 0 Å². The number of nitrogens with one attached hydrogen (secondary N) is 2. The van der Waals surface area contributed by atoms with Crippen LogP contribution in [0.1, 0.15) is 101 Å². The van der Waals surface area contributed by atoms with Gasteiger partial charge in [-0.3, -0.25) is 33.6 Å². The second kappa shape index (κ2) is 24.8. The molecule has 64 heavy (non-hydrogen) atoms. The fourth-order valence-corrected chi connectivity index (χ4v) is 6.82. The second-order valence-corrected chi connectivity index (χ2v) is 19.3. The number of nitrogens with zero attached hydrogens (tertiary/aromatic N) is 4. The molecule has 1 rings (SSSR count). The van der Waals surface area contributed by atoms with Gasteiger partial charge in [0.1, 0.15) is 35.8 Å². The Balaban J connectivity index is 3.68. The van der Waals surface area contributed by atoms with E-state index < -0.39 is 113 Å². The van der Waals surface area contributed by atoms with Gasteiger partial charge in [0, 0.05) is 34.6 Å². The van der Waals surface area contributed by atoms with Crippen LogP contribution >= 0.6 is 0 Å². The van der Waals surface area contributed by atoms with Gasteiger partial charge in [0.2, 0.25) is 35.4 Å². The molecule has 0 aromatic heterocycles. The maximum absolute atomic E-state index is 14.8. The highest BCUT2D eigenvalue weighted by atomic mass is 16.6. The molecule has 18 nitrogen and oxygen atoms in total. The van der Waals surface area contributed by atoms with Crippen molar-refractivity contribution in [2.75, 3.05) is 41.3 Å². The third kappa shape index (κ3) is 17.8. The molecule has 0 heterocycles. The molecule has 0 aliphatic carbocycles. The summed E-state index contributed by atoms with van der Waals surface area (Å²) < 4.78 is 11.3. The fraction of sp³-hybridized carbons (Fsp3) is 0.696. The number of nitrogens with two attached hydrogens (primary N) is 1. The number of carbonyl (C=O) groups is 8. The number of likely N-dealkylation sites (N-methyl/N-ethyl adjacent to an activating group) is 4. The molecule has 0 fully saturated rings. The summed E-state index contributed by atoms with van der Waals surface area (Å²) in [5, 5.41) is 15.1. The Morgan fingerprint density at radius 3 is 1.70 bits per heavy atom. The maximum atomic E-state index is 14.8. The van der Waals surface area contributed by atoms with Crippen LogP contribution in [0.2, 0.25) is 0 Å². The first-order chi connectivity index (χ1) is 29.3. The van der Waals surface area contributed by atoms with E-state index in [0.717, 1.165) is 4.90 Å². The first kappa shape index (κ1) is 56.9. The summed E-state index contributed by atoms with van der Waals surface area (Å²) in [6, 6.07) is 1.40. The molecule has 0 saturated carbocycles. The van der Waals surface area contributed by atoms with E-state index >= 15 is 0 Å². The predicted octanol–water partition coefficient (Wildman–Crippen LogP) is 2.46. The van der Waals surface area contributed by atoms with Crippen molar-refractivity contribution in [1.82, 2.24) is 30.2 Å². The summed E-state index contributed by atoms with van der Waals surface area (Å²) >= 11 is 0. The second-order valence-electron chi connectivity index (χ2n) is 19.3. The van der Waals surface area contributed by atoms with E-state index in [-0.39, 0.29) is 25.5 Å². The molecule has 18 heteroatoms. The van der Waals surface area contributed by atoms with Gasteiger partial charge in [-0.2, -0.15) is 0 Å². The van der Waals surface area contributed by atoms with E-state index in [0.29, 0.717) is 12.0 Å². The number of esters is 1. The Bertz CT molecular complexity index is 1760. The largest absolute Gasteiger partial charge is 0.480 e. The quantitative estimate of drug-likeness (QED) is 0.116. The van der Waals surface area contributed by atoms with Crippen LogP contribution in [0, 0.1) is 17.8 Å². The highest BCUT2D eigenvalue weighted by molar-refractivity contribution is 5.97. The normalized spacial score (nSPS) is 15.1. The monoisotopic (exact) mass is 904 g/mol. The number of amides is 6. The van der Waals surface area contributed by atoms with Gasteiger partial charge in [-0.05, 0) is 64.9 Å². The van der Waals surface area contributed by atoms with Crippen LogP contribution in [-0.2, 0) is 54.3 Å². The first-order valence-electron chi connectivity index (χ1n) is 21.9. The molecule has 5 N–H and O–H groups in total. The lowest BCUT2D eigenvalue weighted by atomic mass is 9.96. The number of carboxylic acid groups (broad SMARTS) is 1. The van der Waals surface area contributed by atoms with Gasteiger partial charge < -0.3 is 50.5 Å². The minimum absolute atomic E-state index is 0.0185. The summed E-state index contributed by atoms with van der Waals surface area (Å²) in [6.45, 7) is 20.1. The molecule has 1 aromatic carbocycles. The lowest BCUT2D eigenvalue weighted by molar-refractivity contribution is -0.159. The molecule has 0 unspecified atom stereocenters. The molecular weight excluding hydrogens is 827 g/mol. The van der Waals surface area contributed by atoms with E-state index in [2.05, 4.69) is 10.6 Å². The molecule has 0 radical (unpaired) electrons. The predicted molar refractivity (Wildman–Crippen MR) is 242 cm³/mol. The number of hydrogen-bond acceptors (Lipinski definition) is 11. The lowest BCUT2D eigenvalue weighted by Gasteiger charge is -2.38. The maximum Gasteiger partial charge on any atom is 0.326 e. The number of rotatable bonds is 23. The van der Waals surface area contributed by atoms with Crippen molar-refractivity contribution >= 4 is 47.4 Å². The number of carbonyl (C=O) groups excluding carboxylic acids is 7. The Hall–Kier alpha value is -5.10. The fourth-order valence-electron chi connectivity index (χ4n) is 6.82. The SMILES string of the molecule is CC[C@H](C)[C@@H](C(=O)N[C@@H](COC(C)(C)C)C(=O)N(C)[C@@H](Cc1ccccc1)C(=O)N(C)[C@H](C(=O)N[C@@H](CC(=O)OC(C)(C)C)C(=O)O)C(C)C)N(C)C(=O)CN(C)C(=O)[C@@H](N)C(C)C. The minimum Gasteiger partial charge on any atom is -0.480 e. The zero-order chi connectivity index (χ0) is 49.6. The van der Waals surface area contributed by atoms with E-state index in [1.54, 1.807) is 106 Å². The van der Waals surface area contributed by atoms with Crippen LogP contribution in [0.15, 0.2) is 30.3 Å². The van der Waals surface area contributed by atoms with Crippen molar-refractivity contribution in [3.63, 3.8) is 0 Å². The van der Waals surface area contributed by atoms with Gasteiger partial charge in [0.05, 0.1) is 31.2 Å². The van der Waals surface area contributed by atoms with Gasteiger partial charge in [0.15, 0.2) is 0 Å². The molecule has 0 aliphatic heterocycles. The third-order valence-corrected chi connectivity index (χ3v) is 10.8. The van der Waals surface area contributed by atoms with Crippen molar-refractivity contribution < 1.29 is 52.9 Å². The molecule has 0 saturated heterocycles. The van der Waals surface area contributed by atoms with Crippen LogP contribution in [0.25, 0.3) is 0 Å². The van der Waals surface area contributed by atoms with Gasteiger partial charge in [-0.25, -0.2) is 4.79 Å². The van der Waals surface area contributed by atoms with E-state index in [9.17, 15) is 43.5 Å². The number of benzene rings is 1. The van der Waals surface area contributed by atoms with Gasteiger partial charge in [-0.15, -0.1) is 0 Å². The zero-order valence-corrected chi connectivity index (χ0v) is 41.0. The van der Waals surface area contributed by atoms with E-state index in [4.69, 9.17) is 15.2 Å². The molecule has 6 amide bonds. The highest BCUT2D eigenvalue weighted by Crippen LogP contribution is 2.20. The average molecular weight is 904 g/mol. The number of ether oxygens (including phenoxy) is 2. The lowest BCUT2D eigenvalue weighted by Crippen LogP contribution is -2.62. The number of carboxylic acids is 1. The molecule has 362 valence electrons. The third-order valence-electron chi connectivity index (χ3n) is 10.8. The molecule has 7 atom stereocenters. The van der Waals surface area contributed by atoms with Crippen molar-refractivity contribution in [3.05, 3.63) is 35.9 Å². The summed E-state index contributed by atoms with van der Waals surface area (Å²) in [5.41, 5.74) is 5.05.